The number of rotatable bonds is 5. The summed E-state index contributed by atoms with van der Waals surface area (Å²) >= 11 is 0. The van der Waals surface area contributed by atoms with Gasteiger partial charge in [0.1, 0.15) is 5.75 Å². The van der Waals surface area contributed by atoms with Crippen molar-refractivity contribution >= 4 is 0 Å². The summed E-state index contributed by atoms with van der Waals surface area (Å²) in [5, 5.41) is 12.3. The molecule has 6 heteroatoms. The quantitative estimate of drug-likeness (QED) is 0.853. The first-order valence-corrected chi connectivity index (χ1v) is 5.63. The molecule has 0 heterocycles. The Morgan fingerprint density at radius 2 is 1.83 bits per heavy atom. The van der Waals surface area contributed by atoms with E-state index < -0.39 is 6.36 Å². The second kappa shape index (κ2) is 4.78. The summed E-state index contributed by atoms with van der Waals surface area (Å²) in [4.78, 5) is 0. The molecule has 0 atom stereocenters. The van der Waals surface area contributed by atoms with Crippen LogP contribution in [-0.2, 0) is 6.54 Å². The minimum Gasteiger partial charge on any atom is -0.406 e. The molecule has 0 bridgehead atoms. The van der Waals surface area contributed by atoms with Gasteiger partial charge in [0.2, 0.25) is 0 Å². The van der Waals surface area contributed by atoms with Crippen molar-refractivity contribution in [3.05, 3.63) is 29.8 Å². The van der Waals surface area contributed by atoms with E-state index >= 15 is 0 Å². The number of aliphatic hydroxyl groups excluding tert-OH is 1. The zero-order valence-corrected chi connectivity index (χ0v) is 9.63. The van der Waals surface area contributed by atoms with Gasteiger partial charge in [-0.05, 0) is 30.5 Å². The molecule has 0 amide bonds. The maximum absolute atomic E-state index is 11.9. The largest absolute Gasteiger partial charge is 0.573 e. The first kappa shape index (κ1) is 13.2. The molecule has 0 aliphatic heterocycles. The van der Waals surface area contributed by atoms with Crippen molar-refractivity contribution in [1.29, 1.82) is 0 Å². The molecule has 2 N–H and O–H groups in total. The molecule has 0 spiro atoms. The van der Waals surface area contributed by atoms with E-state index in [2.05, 4.69) is 10.1 Å². The van der Waals surface area contributed by atoms with Gasteiger partial charge >= 0.3 is 6.36 Å². The molecule has 18 heavy (non-hydrogen) atoms. The van der Waals surface area contributed by atoms with Crippen molar-refractivity contribution in [1.82, 2.24) is 5.32 Å². The number of benzene rings is 1. The molecule has 1 fully saturated rings. The number of alkyl halides is 3. The summed E-state index contributed by atoms with van der Waals surface area (Å²) in [5.41, 5.74) is 0.672. The summed E-state index contributed by atoms with van der Waals surface area (Å²) in [6.07, 6.45) is -2.80. The van der Waals surface area contributed by atoms with Gasteiger partial charge in [-0.25, -0.2) is 0 Å². The third-order valence-electron chi connectivity index (χ3n) is 2.98. The number of hydrogen-bond acceptors (Lipinski definition) is 3. The maximum atomic E-state index is 11.9. The van der Waals surface area contributed by atoms with Crippen LogP contribution in [-0.4, -0.2) is 23.6 Å². The van der Waals surface area contributed by atoms with Crippen molar-refractivity contribution in [2.75, 3.05) is 6.61 Å². The SMILES string of the molecule is OCC1(NCc2ccc(OC(F)(F)F)cc2)CC1. The van der Waals surface area contributed by atoms with Crippen molar-refractivity contribution in [3.63, 3.8) is 0 Å². The van der Waals surface area contributed by atoms with Gasteiger partial charge in [0.25, 0.3) is 0 Å². The monoisotopic (exact) mass is 261 g/mol. The molecule has 100 valence electrons. The Morgan fingerprint density at radius 1 is 1.22 bits per heavy atom. The van der Waals surface area contributed by atoms with Crippen LogP contribution >= 0.6 is 0 Å². The Labute approximate surface area is 103 Å². The van der Waals surface area contributed by atoms with E-state index in [1.54, 1.807) is 12.1 Å². The minimum atomic E-state index is -4.66. The average molecular weight is 261 g/mol. The van der Waals surface area contributed by atoms with Gasteiger partial charge in [0, 0.05) is 12.1 Å². The van der Waals surface area contributed by atoms with E-state index in [9.17, 15) is 13.2 Å². The lowest BCUT2D eigenvalue weighted by atomic mass is 10.2. The fourth-order valence-electron chi connectivity index (χ4n) is 1.64. The van der Waals surface area contributed by atoms with Gasteiger partial charge in [-0.1, -0.05) is 12.1 Å². The van der Waals surface area contributed by atoms with E-state index in [0.717, 1.165) is 18.4 Å². The molecule has 1 aromatic carbocycles. The third kappa shape index (κ3) is 3.61. The van der Waals surface area contributed by atoms with E-state index in [-0.39, 0.29) is 17.9 Å². The lowest BCUT2D eigenvalue weighted by molar-refractivity contribution is -0.274. The first-order valence-electron chi connectivity index (χ1n) is 5.63. The number of halogens is 3. The van der Waals surface area contributed by atoms with Crippen molar-refractivity contribution < 1.29 is 23.0 Å². The molecule has 1 aliphatic rings. The minimum absolute atomic E-state index is 0.0856. The molecule has 3 nitrogen and oxygen atoms in total. The molecular weight excluding hydrogens is 247 g/mol. The molecule has 0 saturated heterocycles. The predicted molar refractivity (Wildman–Crippen MR) is 59.0 cm³/mol. The van der Waals surface area contributed by atoms with Crippen LogP contribution in [0.1, 0.15) is 18.4 Å². The van der Waals surface area contributed by atoms with Gasteiger partial charge in [0.15, 0.2) is 0 Å². The Balaban J connectivity index is 1.88. The zero-order valence-electron chi connectivity index (χ0n) is 9.63. The second-order valence-corrected chi connectivity index (χ2v) is 4.48. The normalized spacial score (nSPS) is 17.6. The molecule has 1 aliphatic carbocycles. The molecule has 0 unspecified atom stereocenters. The highest BCUT2D eigenvalue weighted by Gasteiger charge is 2.41. The molecule has 1 saturated carbocycles. The highest BCUT2D eigenvalue weighted by Crippen LogP contribution is 2.34. The molecule has 2 rings (SSSR count). The van der Waals surface area contributed by atoms with Crippen molar-refractivity contribution in [3.8, 4) is 5.75 Å². The lowest BCUT2D eigenvalue weighted by Crippen LogP contribution is -2.34. The molecular formula is C12H14F3NO2. The van der Waals surface area contributed by atoms with Crippen molar-refractivity contribution in [2.24, 2.45) is 0 Å². The topological polar surface area (TPSA) is 41.5 Å². The first-order chi connectivity index (χ1) is 8.42. The molecule has 0 radical (unpaired) electrons. The van der Waals surface area contributed by atoms with Crippen LogP contribution in [0.2, 0.25) is 0 Å². The summed E-state index contributed by atoms with van der Waals surface area (Å²) in [6, 6.07) is 5.70. The van der Waals surface area contributed by atoms with Crippen LogP contribution in [0.4, 0.5) is 13.2 Å². The highest BCUT2D eigenvalue weighted by atomic mass is 19.4. The van der Waals surface area contributed by atoms with Gasteiger partial charge in [-0.3, -0.25) is 0 Å². The van der Waals surface area contributed by atoms with Gasteiger partial charge in [-0.2, -0.15) is 0 Å². The van der Waals surface area contributed by atoms with Gasteiger partial charge < -0.3 is 15.2 Å². The fourth-order valence-corrected chi connectivity index (χ4v) is 1.64. The molecule has 1 aromatic rings. The Bertz CT molecular complexity index is 399. The molecule has 0 aromatic heterocycles. The number of aliphatic hydroxyl groups is 1. The third-order valence-corrected chi connectivity index (χ3v) is 2.98. The smallest absolute Gasteiger partial charge is 0.406 e. The summed E-state index contributed by atoms with van der Waals surface area (Å²) in [7, 11) is 0. The summed E-state index contributed by atoms with van der Waals surface area (Å²) in [5.74, 6) is -0.227. The van der Waals surface area contributed by atoms with Crippen LogP contribution in [0, 0.1) is 0 Å². The predicted octanol–water partition coefficient (Wildman–Crippen LogP) is 2.20. The Kier molecular flexibility index (Phi) is 3.49. The van der Waals surface area contributed by atoms with Crippen LogP contribution in [0.5, 0.6) is 5.75 Å². The number of hydrogen-bond donors (Lipinski definition) is 2. The van der Waals surface area contributed by atoms with E-state index in [1.165, 1.54) is 12.1 Å². The Morgan fingerprint density at radius 3 is 2.28 bits per heavy atom. The number of ether oxygens (including phenoxy) is 1. The second-order valence-electron chi connectivity index (χ2n) is 4.48. The van der Waals surface area contributed by atoms with E-state index in [0.29, 0.717) is 6.54 Å². The van der Waals surface area contributed by atoms with Gasteiger partial charge in [-0.15, -0.1) is 13.2 Å². The van der Waals surface area contributed by atoms with E-state index in [4.69, 9.17) is 5.11 Å². The van der Waals surface area contributed by atoms with Crippen molar-refractivity contribution in [2.45, 2.75) is 31.3 Å². The summed E-state index contributed by atoms with van der Waals surface area (Å²) < 4.78 is 39.6. The standard InChI is InChI=1S/C12H14F3NO2/c13-12(14,15)18-10-3-1-9(2-4-10)7-16-11(8-17)5-6-11/h1-4,16-17H,5-8H2. The van der Waals surface area contributed by atoms with Crippen LogP contribution in [0.3, 0.4) is 0 Å². The van der Waals surface area contributed by atoms with Crippen LogP contribution in [0.25, 0.3) is 0 Å². The average Bonchev–Trinajstić information content (AvgIpc) is 3.07. The maximum Gasteiger partial charge on any atom is 0.573 e. The summed E-state index contributed by atoms with van der Waals surface area (Å²) in [6.45, 7) is 0.606. The van der Waals surface area contributed by atoms with Gasteiger partial charge in [0.05, 0.1) is 6.61 Å². The van der Waals surface area contributed by atoms with Crippen LogP contribution in [0.15, 0.2) is 24.3 Å². The zero-order chi connectivity index (χ0) is 13.2. The Hall–Kier alpha value is -1.27. The lowest BCUT2D eigenvalue weighted by Gasteiger charge is -2.14. The fraction of sp³-hybridized carbons (Fsp3) is 0.500. The number of nitrogens with one attached hydrogen (secondary N) is 1. The van der Waals surface area contributed by atoms with Crippen LogP contribution < -0.4 is 10.1 Å². The highest BCUT2D eigenvalue weighted by molar-refractivity contribution is 5.27. The van der Waals surface area contributed by atoms with E-state index in [1.807, 2.05) is 0 Å².